The van der Waals surface area contributed by atoms with Crippen LogP contribution >= 0.6 is 22.9 Å². The number of nitrogens with one attached hydrogen (secondary N) is 1. The van der Waals surface area contributed by atoms with Gasteiger partial charge in [-0.15, -0.1) is 11.3 Å². The molecule has 1 aromatic carbocycles. The normalized spacial score (nSPS) is 12.6. The van der Waals surface area contributed by atoms with Crippen LogP contribution in [0, 0.1) is 13.8 Å². The summed E-state index contributed by atoms with van der Waals surface area (Å²) in [5, 5.41) is 3.64. The zero-order valence-electron chi connectivity index (χ0n) is 11.7. The van der Waals surface area contributed by atoms with Crippen LogP contribution in [-0.4, -0.2) is 6.54 Å². The van der Waals surface area contributed by atoms with Gasteiger partial charge in [-0.25, -0.2) is 0 Å². The van der Waals surface area contributed by atoms with Crippen LogP contribution in [0.15, 0.2) is 30.3 Å². The van der Waals surface area contributed by atoms with Gasteiger partial charge in [-0.2, -0.15) is 0 Å². The molecule has 0 fully saturated rings. The average molecular weight is 294 g/mol. The van der Waals surface area contributed by atoms with E-state index in [9.17, 15) is 0 Å². The number of hydrogen-bond donors (Lipinski definition) is 1. The molecule has 0 spiro atoms. The van der Waals surface area contributed by atoms with Gasteiger partial charge in [0.2, 0.25) is 0 Å². The number of benzene rings is 1. The van der Waals surface area contributed by atoms with Crippen molar-refractivity contribution in [3.63, 3.8) is 0 Å². The van der Waals surface area contributed by atoms with Crippen molar-refractivity contribution < 1.29 is 0 Å². The lowest BCUT2D eigenvalue weighted by Crippen LogP contribution is -2.23. The average Bonchev–Trinajstić information content (AvgIpc) is 2.80. The highest BCUT2D eigenvalue weighted by molar-refractivity contribution is 7.16. The molecule has 3 heteroatoms. The first-order valence-corrected chi connectivity index (χ1v) is 7.87. The van der Waals surface area contributed by atoms with Gasteiger partial charge >= 0.3 is 0 Å². The molecule has 0 aliphatic heterocycles. The van der Waals surface area contributed by atoms with Crippen molar-refractivity contribution in [1.82, 2.24) is 5.32 Å². The maximum absolute atomic E-state index is 6.09. The van der Waals surface area contributed by atoms with E-state index in [2.05, 4.69) is 50.4 Å². The zero-order valence-corrected chi connectivity index (χ0v) is 13.2. The molecule has 1 aromatic heterocycles. The molecule has 0 bridgehead atoms. The molecule has 1 atom stereocenters. The van der Waals surface area contributed by atoms with Crippen LogP contribution < -0.4 is 5.32 Å². The molecule has 0 radical (unpaired) electrons. The van der Waals surface area contributed by atoms with Crippen LogP contribution in [0.25, 0.3) is 0 Å². The molecule has 1 nitrogen and oxygen atoms in total. The zero-order chi connectivity index (χ0) is 13.8. The van der Waals surface area contributed by atoms with Crippen molar-refractivity contribution in [2.45, 2.75) is 33.2 Å². The summed E-state index contributed by atoms with van der Waals surface area (Å²) in [6.45, 7) is 7.51. The van der Waals surface area contributed by atoms with Crippen molar-refractivity contribution in [3.8, 4) is 0 Å². The van der Waals surface area contributed by atoms with Gasteiger partial charge in [0.15, 0.2) is 0 Å². The van der Waals surface area contributed by atoms with Crippen LogP contribution in [-0.2, 0) is 0 Å². The van der Waals surface area contributed by atoms with Gasteiger partial charge in [-0.3, -0.25) is 0 Å². The summed E-state index contributed by atoms with van der Waals surface area (Å²) < 4.78 is 0.851. The van der Waals surface area contributed by atoms with Crippen molar-refractivity contribution in [2.24, 2.45) is 0 Å². The predicted molar refractivity (Wildman–Crippen MR) is 85.4 cm³/mol. The third kappa shape index (κ3) is 3.59. The number of thiophene rings is 1. The molecule has 2 rings (SSSR count). The van der Waals surface area contributed by atoms with E-state index in [0.717, 1.165) is 17.3 Å². The van der Waals surface area contributed by atoms with Crippen LogP contribution in [0.1, 0.15) is 41.0 Å². The van der Waals surface area contributed by atoms with Gasteiger partial charge in [0.25, 0.3) is 0 Å². The van der Waals surface area contributed by atoms with Crippen molar-refractivity contribution >= 4 is 22.9 Å². The Morgan fingerprint density at radius 3 is 2.63 bits per heavy atom. The summed E-state index contributed by atoms with van der Waals surface area (Å²) >= 11 is 7.75. The first kappa shape index (κ1) is 14.6. The second-order valence-electron chi connectivity index (χ2n) is 4.89. The summed E-state index contributed by atoms with van der Waals surface area (Å²) in [6, 6.07) is 11.0. The van der Waals surface area contributed by atoms with E-state index in [4.69, 9.17) is 11.6 Å². The first-order valence-electron chi connectivity index (χ1n) is 6.67. The minimum atomic E-state index is 0.248. The second kappa shape index (κ2) is 6.56. The second-order valence-corrected chi connectivity index (χ2v) is 6.64. The van der Waals surface area contributed by atoms with Gasteiger partial charge in [0.1, 0.15) is 0 Å². The Balaban J connectivity index is 2.39. The minimum Gasteiger partial charge on any atom is -0.306 e. The molecule has 2 aromatic rings. The van der Waals surface area contributed by atoms with Gasteiger partial charge < -0.3 is 5.32 Å². The third-order valence-corrected chi connectivity index (χ3v) is 4.52. The van der Waals surface area contributed by atoms with Gasteiger partial charge in [0, 0.05) is 4.88 Å². The summed E-state index contributed by atoms with van der Waals surface area (Å²) in [5.74, 6) is 0. The molecule has 0 saturated heterocycles. The maximum atomic E-state index is 6.09. The SMILES string of the molecule is CCCNC(c1ccc(Cl)s1)c1cc(C)ccc1C. The Morgan fingerprint density at radius 1 is 1.21 bits per heavy atom. The third-order valence-electron chi connectivity index (χ3n) is 3.22. The highest BCUT2D eigenvalue weighted by Crippen LogP contribution is 2.32. The molecule has 0 amide bonds. The summed E-state index contributed by atoms with van der Waals surface area (Å²) in [7, 11) is 0. The molecule has 1 heterocycles. The van der Waals surface area contributed by atoms with E-state index >= 15 is 0 Å². The topological polar surface area (TPSA) is 12.0 Å². The summed E-state index contributed by atoms with van der Waals surface area (Å²) in [4.78, 5) is 1.28. The number of rotatable bonds is 5. The molecular weight excluding hydrogens is 274 g/mol. The Hall–Kier alpha value is -0.830. The summed E-state index contributed by atoms with van der Waals surface area (Å²) in [6.07, 6.45) is 1.13. The number of hydrogen-bond acceptors (Lipinski definition) is 2. The first-order chi connectivity index (χ1) is 9.11. The van der Waals surface area contributed by atoms with Gasteiger partial charge in [0.05, 0.1) is 10.4 Å². The van der Waals surface area contributed by atoms with Gasteiger partial charge in [-0.05, 0) is 50.1 Å². The largest absolute Gasteiger partial charge is 0.306 e. The lowest BCUT2D eigenvalue weighted by atomic mass is 9.97. The van der Waals surface area contributed by atoms with Crippen molar-refractivity contribution in [1.29, 1.82) is 0 Å². The lowest BCUT2D eigenvalue weighted by molar-refractivity contribution is 0.603. The standard InChI is InChI=1S/C16H20ClNS/c1-4-9-18-16(14-7-8-15(17)19-14)13-10-11(2)5-6-12(13)3/h5-8,10,16,18H,4,9H2,1-3H3. The highest BCUT2D eigenvalue weighted by atomic mass is 35.5. The highest BCUT2D eigenvalue weighted by Gasteiger charge is 2.17. The number of halogens is 1. The molecule has 0 aliphatic rings. The van der Waals surface area contributed by atoms with Crippen LogP contribution in [0.2, 0.25) is 4.34 Å². The Labute approximate surface area is 124 Å². The summed E-state index contributed by atoms with van der Waals surface area (Å²) in [5.41, 5.74) is 3.97. The number of aryl methyl sites for hydroxylation is 2. The maximum Gasteiger partial charge on any atom is 0.0931 e. The fourth-order valence-electron chi connectivity index (χ4n) is 2.21. The van der Waals surface area contributed by atoms with Gasteiger partial charge in [-0.1, -0.05) is 42.3 Å². The fourth-order valence-corrected chi connectivity index (χ4v) is 3.36. The van der Waals surface area contributed by atoms with Crippen LogP contribution in [0.4, 0.5) is 0 Å². The van der Waals surface area contributed by atoms with Crippen molar-refractivity contribution in [2.75, 3.05) is 6.54 Å². The predicted octanol–water partition coefficient (Wildman–Crippen LogP) is 5.11. The minimum absolute atomic E-state index is 0.248. The lowest BCUT2D eigenvalue weighted by Gasteiger charge is -2.20. The van der Waals surface area contributed by atoms with E-state index in [1.807, 2.05) is 6.07 Å². The Morgan fingerprint density at radius 2 is 2.00 bits per heavy atom. The quantitative estimate of drug-likeness (QED) is 0.808. The van der Waals surface area contributed by atoms with Crippen LogP contribution in [0.5, 0.6) is 0 Å². The van der Waals surface area contributed by atoms with E-state index in [0.29, 0.717) is 0 Å². The van der Waals surface area contributed by atoms with E-state index < -0.39 is 0 Å². The molecule has 0 saturated carbocycles. The van der Waals surface area contributed by atoms with E-state index in [1.165, 1.54) is 21.6 Å². The molecule has 0 aliphatic carbocycles. The van der Waals surface area contributed by atoms with E-state index in [-0.39, 0.29) is 6.04 Å². The van der Waals surface area contributed by atoms with Crippen molar-refractivity contribution in [3.05, 3.63) is 56.2 Å². The smallest absolute Gasteiger partial charge is 0.0931 e. The fraction of sp³-hybridized carbons (Fsp3) is 0.375. The van der Waals surface area contributed by atoms with Crippen LogP contribution in [0.3, 0.4) is 0 Å². The Kier molecular flexibility index (Phi) is 5.03. The Bertz CT molecular complexity index is 547. The molecule has 1 N–H and O–H groups in total. The molecule has 1 unspecified atom stereocenters. The molecule has 19 heavy (non-hydrogen) atoms. The molecule has 102 valence electrons. The van der Waals surface area contributed by atoms with E-state index in [1.54, 1.807) is 11.3 Å². The monoisotopic (exact) mass is 293 g/mol. The molecular formula is C16H20ClNS.